The molecule has 33 heavy (non-hydrogen) atoms. The normalized spacial score (nSPS) is 17.6. The fraction of sp³-hybridized carbons (Fsp3) is 0.348. The van der Waals surface area contributed by atoms with Crippen molar-refractivity contribution in [3.05, 3.63) is 76.3 Å². The Morgan fingerprint density at radius 3 is 2.73 bits per heavy atom. The first-order valence-electron chi connectivity index (χ1n) is 10.7. The molecular weight excluding hydrogens is 462 g/mol. The fourth-order valence-electron chi connectivity index (χ4n) is 3.91. The van der Waals surface area contributed by atoms with Crippen molar-refractivity contribution in [3.63, 3.8) is 0 Å². The second kappa shape index (κ2) is 9.52. The molecule has 0 saturated carbocycles. The molecule has 1 aromatic carbocycles. The molecule has 0 aliphatic carbocycles. The minimum atomic E-state index is -3.05. The zero-order valence-electron chi connectivity index (χ0n) is 18.6. The second-order valence-corrected chi connectivity index (χ2v) is 10.9. The van der Waals surface area contributed by atoms with E-state index in [9.17, 15) is 13.2 Å². The molecule has 10 heteroatoms. The summed E-state index contributed by atoms with van der Waals surface area (Å²) in [5.41, 5.74) is 3.36. The van der Waals surface area contributed by atoms with Gasteiger partial charge in [-0.05, 0) is 25.0 Å². The van der Waals surface area contributed by atoms with E-state index in [1.54, 1.807) is 35.8 Å². The van der Waals surface area contributed by atoms with Gasteiger partial charge in [0.25, 0.3) is 0 Å². The molecule has 1 unspecified atom stereocenters. The zero-order chi connectivity index (χ0) is 23.6. The van der Waals surface area contributed by atoms with Crippen molar-refractivity contribution in [1.29, 1.82) is 0 Å². The largest absolute Gasteiger partial charge is 0.338 e. The molecule has 0 radical (unpaired) electrons. The SMILES string of the molecule is Cc1nn(C2CCS(=O)(=O)C2)c(Cl)c1C=CC(=O)N(C)Cc1cnn(Cc2ccccc2)c1. The standard InChI is InChI=1S/C23H26ClN5O3S/c1-17-21(23(24)29(26-17)20-10-11-33(31,32)16-20)8-9-22(30)27(2)13-19-12-25-28(15-19)14-18-6-4-3-5-7-18/h3-9,12,15,20H,10-11,13-14,16H2,1-2H3. The van der Waals surface area contributed by atoms with E-state index in [1.807, 2.05) is 41.2 Å². The molecule has 0 bridgehead atoms. The molecule has 1 saturated heterocycles. The highest BCUT2D eigenvalue weighted by atomic mass is 35.5. The Balaban J connectivity index is 1.39. The van der Waals surface area contributed by atoms with Crippen LogP contribution in [0.25, 0.3) is 6.08 Å². The van der Waals surface area contributed by atoms with Crippen LogP contribution in [0.3, 0.4) is 0 Å². The van der Waals surface area contributed by atoms with Gasteiger partial charge in [0, 0.05) is 37.0 Å². The molecular formula is C23H26ClN5O3S. The lowest BCUT2D eigenvalue weighted by Crippen LogP contribution is -2.23. The molecule has 1 fully saturated rings. The number of aryl methyl sites for hydroxylation is 1. The van der Waals surface area contributed by atoms with Crippen LogP contribution < -0.4 is 0 Å². The average molecular weight is 488 g/mol. The van der Waals surface area contributed by atoms with Crippen LogP contribution in [0, 0.1) is 6.92 Å². The molecule has 8 nitrogen and oxygen atoms in total. The van der Waals surface area contributed by atoms with Crippen LogP contribution in [-0.2, 0) is 27.7 Å². The van der Waals surface area contributed by atoms with Gasteiger partial charge in [0.1, 0.15) is 5.15 Å². The van der Waals surface area contributed by atoms with Crippen LogP contribution in [0.4, 0.5) is 0 Å². The van der Waals surface area contributed by atoms with E-state index < -0.39 is 9.84 Å². The van der Waals surface area contributed by atoms with E-state index in [0.29, 0.717) is 35.9 Å². The Bertz CT molecular complexity index is 1280. The maximum Gasteiger partial charge on any atom is 0.246 e. The summed E-state index contributed by atoms with van der Waals surface area (Å²) in [6.07, 6.45) is 7.28. The van der Waals surface area contributed by atoms with Crippen LogP contribution in [0.2, 0.25) is 5.15 Å². The van der Waals surface area contributed by atoms with Gasteiger partial charge in [-0.2, -0.15) is 10.2 Å². The van der Waals surface area contributed by atoms with E-state index in [-0.39, 0.29) is 23.5 Å². The number of hydrogen-bond donors (Lipinski definition) is 0. The van der Waals surface area contributed by atoms with Gasteiger partial charge >= 0.3 is 0 Å². The van der Waals surface area contributed by atoms with Crippen molar-refractivity contribution in [2.45, 2.75) is 32.5 Å². The Labute approximate surface area is 198 Å². The van der Waals surface area contributed by atoms with Crippen LogP contribution in [0.15, 0.2) is 48.8 Å². The predicted octanol–water partition coefficient (Wildman–Crippen LogP) is 3.12. The first kappa shape index (κ1) is 23.3. The number of rotatable bonds is 7. The zero-order valence-corrected chi connectivity index (χ0v) is 20.1. The summed E-state index contributed by atoms with van der Waals surface area (Å²) in [5, 5.41) is 9.15. The second-order valence-electron chi connectivity index (χ2n) is 8.35. The lowest BCUT2D eigenvalue weighted by atomic mass is 10.2. The van der Waals surface area contributed by atoms with Crippen molar-refractivity contribution in [2.24, 2.45) is 0 Å². The quantitative estimate of drug-likeness (QED) is 0.477. The maximum absolute atomic E-state index is 12.7. The fourth-order valence-corrected chi connectivity index (χ4v) is 5.98. The predicted molar refractivity (Wildman–Crippen MR) is 128 cm³/mol. The van der Waals surface area contributed by atoms with Gasteiger partial charge in [-0.3, -0.25) is 9.48 Å². The molecule has 1 aliphatic rings. The van der Waals surface area contributed by atoms with Crippen LogP contribution >= 0.6 is 11.6 Å². The summed E-state index contributed by atoms with van der Waals surface area (Å²) in [6, 6.07) is 9.78. The molecule has 3 heterocycles. The summed E-state index contributed by atoms with van der Waals surface area (Å²) in [4.78, 5) is 14.2. The molecule has 1 atom stereocenters. The van der Waals surface area contributed by atoms with E-state index in [4.69, 9.17) is 11.6 Å². The summed E-state index contributed by atoms with van der Waals surface area (Å²) in [6.45, 7) is 2.88. The number of benzene rings is 1. The topological polar surface area (TPSA) is 90.1 Å². The minimum absolute atomic E-state index is 0.0383. The van der Waals surface area contributed by atoms with Crippen molar-refractivity contribution in [1.82, 2.24) is 24.5 Å². The maximum atomic E-state index is 12.7. The molecule has 2 aromatic heterocycles. The van der Waals surface area contributed by atoms with Gasteiger partial charge in [0.2, 0.25) is 5.91 Å². The molecule has 174 valence electrons. The number of carbonyl (C=O) groups is 1. The number of sulfone groups is 1. The highest BCUT2D eigenvalue weighted by Crippen LogP contribution is 2.30. The lowest BCUT2D eigenvalue weighted by Gasteiger charge is -2.13. The highest BCUT2D eigenvalue weighted by Gasteiger charge is 2.31. The molecule has 0 spiro atoms. The Kier molecular flexibility index (Phi) is 6.71. The molecule has 3 aromatic rings. The van der Waals surface area contributed by atoms with Crippen LogP contribution in [-0.4, -0.2) is 57.3 Å². The van der Waals surface area contributed by atoms with Crippen molar-refractivity contribution < 1.29 is 13.2 Å². The third-order valence-corrected chi connectivity index (χ3v) is 7.81. The summed E-state index contributed by atoms with van der Waals surface area (Å²) >= 11 is 6.48. The van der Waals surface area contributed by atoms with Gasteiger partial charge in [-0.1, -0.05) is 41.9 Å². The highest BCUT2D eigenvalue weighted by molar-refractivity contribution is 7.91. The summed E-state index contributed by atoms with van der Waals surface area (Å²) in [5.74, 6) is -0.00244. The Morgan fingerprint density at radius 2 is 2.03 bits per heavy atom. The first-order chi connectivity index (χ1) is 15.7. The molecule has 1 aliphatic heterocycles. The number of carbonyl (C=O) groups excluding carboxylic acids is 1. The number of hydrogen-bond acceptors (Lipinski definition) is 5. The molecule has 1 amide bonds. The summed E-state index contributed by atoms with van der Waals surface area (Å²) < 4.78 is 27.0. The molecule has 0 N–H and O–H groups in total. The van der Waals surface area contributed by atoms with Gasteiger partial charge in [0.15, 0.2) is 9.84 Å². The van der Waals surface area contributed by atoms with E-state index in [1.165, 1.54) is 6.08 Å². The summed E-state index contributed by atoms with van der Waals surface area (Å²) in [7, 11) is -1.33. The van der Waals surface area contributed by atoms with E-state index in [0.717, 1.165) is 11.1 Å². The number of amides is 1. The minimum Gasteiger partial charge on any atom is -0.338 e. The van der Waals surface area contributed by atoms with Crippen molar-refractivity contribution in [3.8, 4) is 0 Å². The average Bonchev–Trinajstić information content (AvgIpc) is 3.44. The third kappa shape index (κ3) is 5.54. The molecule has 4 rings (SSSR count). The van der Waals surface area contributed by atoms with Crippen LogP contribution in [0.1, 0.15) is 34.8 Å². The monoisotopic (exact) mass is 487 g/mol. The van der Waals surface area contributed by atoms with E-state index >= 15 is 0 Å². The lowest BCUT2D eigenvalue weighted by molar-refractivity contribution is -0.125. The number of aromatic nitrogens is 4. The number of likely N-dealkylation sites (N-methyl/N-ethyl adjacent to an activating group) is 1. The third-order valence-electron chi connectivity index (χ3n) is 5.69. The number of nitrogens with zero attached hydrogens (tertiary/aromatic N) is 5. The van der Waals surface area contributed by atoms with Crippen molar-refractivity contribution in [2.75, 3.05) is 18.6 Å². The Morgan fingerprint density at radius 1 is 1.27 bits per heavy atom. The van der Waals surface area contributed by atoms with Gasteiger partial charge in [-0.25, -0.2) is 13.1 Å². The van der Waals surface area contributed by atoms with Gasteiger partial charge in [-0.15, -0.1) is 0 Å². The Hall–Kier alpha value is -2.91. The smallest absolute Gasteiger partial charge is 0.246 e. The van der Waals surface area contributed by atoms with Crippen LogP contribution in [0.5, 0.6) is 0 Å². The number of halogens is 1. The van der Waals surface area contributed by atoms with Gasteiger partial charge < -0.3 is 4.90 Å². The first-order valence-corrected chi connectivity index (χ1v) is 12.9. The van der Waals surface area contributed by atoms with E-state index in [2.05, 4.69) is 10.2 Å². The van der Waals surface area contributed by atoms with Crippen molar-refractivity contribution >= 4 is 33.4 Å². The van der Waals surface area contributed by atoms with Gasteiger partial charge in [0.05, 0.1) is 36.0 Å².